The van der Waals surface area contributed by atoms with E-state index in [1.165, 1.54) is 24.3 Å². The third kappa shape index (κ3) is 11.6. The first-order chi connectivity index (χ1) is 19.8. The van der Waals surface area contributed by atoms with E-state index in [0.717, 1.165) is 5.56 Å². The minimum atomic E-state index is -1.58. The molecule has 0 aliphatic carbocycles. The second-order valence-corrected chi connectivity index (χ2v) is 9.55. The maximum absolute atomic E-state index is 13.3. The summed E-state index contributed by atoms with van der Waals surface area (Å²) in [5.41, 5.74) is 7.23. The van der Waals surface area contributed by atoms with Crippen LogP contribution in [-0.4, -0.2) is 80.2 Å². The van der Waals surface area contributed by atoms with E-state index in [2.05, 4.69) is 16.0 Å². The topological polar surface area (TPSA) is 245 Å². The van der Waals surface area contributed by atoms with Gasteiger partial charge in [-0.25, -0.2) is 4.79 Å². The first-order valence-electron chi connectivity index (χ1n) is 13.0. The summed E-state index contributed by atoms with van der Waals surface area (Å²) in [6.07, 6.45) is -1.85. The van der Waals surface area contributed by atoms with Crippen LogP contribution >= 0.6 is 0 Å². The van der Waals surface area contributed by atoms with Crippen molar-refractivity contribution in [2.24, 2.45) is 5.73 Å². The lowest BCUT2D eigenvalue weighted by molar-refractivity contribution is -0.143. The fraction of sp³-hybridized carbons (Fsp3) is 0.357. The summed E-state index contributed by atoms with van der Waals surface area (Å²) < 4.78 is 0. The summed E-state index contributed by atoms with van der Waals surface area (Å²) >= 11 is 0. The molecule has 4 unspecified atom stereocenters. The summed E-state index contributed by atoms with van der Waals surface area (Å²) in [5.74, 6) is -6.68. The van der Waals surface area contributed by atoms with E-state index in [-0.39, 0.29) is 25.0 Å². The number of carbonyl (C=O) groups excluding carboxylic acids is 3. The summed E-state index contributed by atoms with van der Waals surface area (Å²) in [6, 6.07) is 8.95. The van der Waals surface area contributed by atoms with E-state index in [0.29, 0.717) is 5.56 Å². The van der Waals surface area contributed by atoms with E-state index < -0.39 is 79.1 Å². The van der Waals surface area contributed by atoms with Crippen LogP contribution in [0.1, 0.15) is 36.8 Å². The van der Waals surface area contributed by atoms with Gasteiger partial charge in [0.2, 0.25) is 17.7 Å². The lowest BCUT2D eigenvalue weighted by atomic mass is 10.0. The molecule has 0 aromatic heterocycles. The Labute approximate surface area is 240 Å². The summed E-state index contributed by atoms with van der Waals surface area (Å²) in [5, 5.41) is 44.2. The first kappa shape index (κ1) is 33.2. The highest BCUT2D eigenvalue weighted by molar-refractivity contribution is 5.94. The van der Waals surface area contributed by atoms with Crippen LogP contribution in [0.3, 0.4) is 0 Å². The highest BCUT2D eigenvalue weighted by Crippen LogP contribution is 2.13. The van der Waals surface area contributed by atoms with Gasteiger partial charge in [-0.3, -0.25) is 24.0 Å². The zero-order valence-corrected chi connectivity index (χ0v) is 22.6. The Kier molecular flexibility index (Phi) is 12.9. The van der Waals surface area contributed by atoms with Crippen LogP contribution in [-0.2, 0) is 41.6 Å². The molecule has 0 spiro atoms. The van der Waals surface area contributed by atoms with Crippen LogP contribution in [0.5, 0.6) is 5.75 Å². The lowest BCUT2D eigenvalue weighted by Crippen LogP contribution is -2.57. The molecule has 4 atom stereocenters. The Morgan fingerprint density at radius 2 is 1.10 bits per heavy atom. The number of aromatic hydroxyl groups is 1. The van der Waals surface area contributed by atoms with E-state index in [9.17, 15) is 39.0 Å². The molecule has 2 aromatic carbocycles. The minimum Gasteiger partial charge on any atom is -0.508 e. The molecule has 2 rings (SSSR count). The van der Waals surface area contributed by atoms with Gasteiger partial charge < -0.3 is 42.1 Å². The molecule has 3 amide bonds. The van der Waals surface area contributed by atoms with Crippen LogP contribution in [0, 0.1) is 0 Å². The van der Waals surface area contributed by atoms with Crippen molar-refractivity contribution in [1.82, 2.24) is 16.0 Å². The quantitative estimate of drug-likeness (QED) is 0.120. The normalized spacial score (nSPS) is 13.5. The molecule has 0 heterocycles. The van der Waals surface area contributed by atoms with Crippen LogP contribution < -0.4 is 21.7 Å². The van der Waals surface area contributed by atoms with Crippen molar-refractivity contribution in [2.45, 2.75) is 62.7 Å². The zero-order valence-electron chi connectivity index (χ0n) is 22.6. The molecule has 0 aliphatic heterocycles. The van der Waals surface area contributed by atoms with Crippen molar-refractivity contribution < 1.29 is 49.2 Å². The molecular formula is C28H34N4O10. The second kappa shape index (κ2) is 16.3. The Morgan fingerprint density at radius 1 is 0.619 bits per heavy atom. The van der Waals surface area contributed by atoms with Crippen LogP contribution in [0.15, 0.2) is 54.6 Å². The zero-order chi connectivity index (χ0) is 31.2. The number of rotatable bonds is 17. The van der Waals surface area contributed by atoms with Gasteiger partial charge in [0, 0.05) is 19.3 Å². The molecule has 0 saturated heterocycles. The van der Waals surface area contributed by atoms with Crippen LogP contribution in [0.2, 0.25) is 0 Å². The Bertz CT molecular complexity index is 1250. The van der Waals surface area contributed by atoms with Crippen molar-refractivity contribution in [3.8, 4) is 5.75 Å². The molecule has 42 heavy (non-hydrogen) atoms. The Balaban J connectivity index is 2.24. The predicted octanol–water partition coefficient (Wildman–Crippen LogP) is -0.227. The number of phenolic OH excluding ortho intramolecular Hbond substituents is 1. The van der Waals surface area contributed by atoms with Crippen molar-refractivity contribution in [3.63, 3.8) is 0 Å². The molecule has 14 nitrogen and oxygen atoms in total. The average Bonchev–Trinajstić information content (AvgIpc) is 2.93. The molecule has 226 valence electrons. The Morgan fingerprint density at radius 3 is 1.64 bits per heavy atom. The fourth-order valence-electron chi connectivity index (χ4n) is 3.92. The number of benzene rings is 2. The molecule has 0 fully saturated rings. The molecule has 0 aliphatic rings. The van der Waals surface area contributed by atoms with Gasteiger partial charge in [-0.1, -0.05) is 42.5 Å². The number of carboxylic acid groups (broad SMARTS) is 3. The van der Waals surface area contributed by atoms with Crippen molar-refractivity contribution >= 4 is 35.6 Å². The van der Waals surface area contributed by atoms with Crippen LogP contribution in [0.25, 0.3) is 0 Å². The van der Waals surface area contributed by atoms with Gasteiger partial charge in [-0.15, -0.1) is 0 Å². The van der Waals surface area contributed by atoms with E-state index >= 15 is 0 Å². The predicted molar refractivity (Wildman–Crippen MR) is 147 cm³/mol. The largest absolute Gasteiger partial charge is 0.508 e. The van der Waals surface area contributed by atoms with E-state index in [1.807, 2.05) is 0 Å². The fourth-order valence-corrected chi connectivity index (χ4v) is 3.92. The number of hydrogen-bond donors (Lipinski definition) is 8. The molecule has 9 N–H and O–H groups in total. The smallest absolute Gasteiger partial charge is 0.326 e. The number of carboxylic acids is 3. The maximum atomic E-state index is 13.3. The average molecular weight is 587 g/mol. The van der Waals surface area contributed by atoms with Crippen molar-refractivity contribution in [1.29, 1.82) is 0 Å². The minimum absolute atomic E-state index is 0.0633. The van der Waals surface area contributed by atoms with E-state index in [4.69, 9.17) is 15.9 Å². The number of phenols is 1. The van der Waals surface area contributed by atoms with Gasteiger partial charge in [0.1, 0.15) is 23.9 Å². The number of amides is 3. The number of carbonyl (C=O) groups is 6. The molecule has 0 saturated carbocycles. The number of hydrogen-bond acceptors (Lipinski definition) is 8. The highest BCUT2D eigenvalue weighted by Gasteiger charge is 2.31. The lowest BCUT2D eigenvalue weighted by Gasteiger charge is -2.25. The standard InChI is InChI=1S/C28H34N4O10/c29-19(14-16-4-2-1-3-5-16)25(38)30-20(10-12-23(34)35)26(39)32-22(15-17-6-8-18(33)9-7-17)27(40)31-21(28(41)42)11-13-24(36)37/h1-9,19-22,33H,10-15,29H2,(H,30,38)(H,31,40)(H,32,39)(H,34,35)(H,36,37)(H,41,42). The monoisotopic (exact) mass is 586 g/mol. The molecule has 2 aromatic rings. The van der Waals surface area contributed by atoms with Gasteiger partial charge in [0.05, 0.1) is 6.04 Å². The molecule has 0 radical (unpaired) electrons. The summed E-state index contributed by atoms with van der Waals surface area (Å²) in [7, 11) is 0. The number of nitrogens with two attached hydrogens (primary N) is 1. The SMILES string of the molecule is NC(Cc1ccccc1)C(=O)NC(CCC(=O)O)C(=O)NC(Cc1ccc(O)cc1)C(=O)NC(CCC(=O)O)C(=O)O. The van der Waals surface area contributed by atoms with E-state index in [1.54, 1.807) is 30.3 Å². The third-order valence-electron chi connectivity index (χ3n) is 6.19. The molecule has 14 heteroatoms. The summed E-state index contributed by atoms with van der Waals surface area (Å²) in [4.78, 5) is 73.0. The highest BCUT2D eigenvalue weighted by atomic mass is 16.4. The van der Waals surface area contributed by atoms with Gasteiger partial charge in [0.15, 0.2) is 0 Å². The van der Waals surface area contributed by atoms with Gasteiger partial charge >= 0.3 is 17.9 Å². The molecular weight excluding hydrogens is 552 g/mol. The Hall–Kier alpha value is -4.98. The maximum Gasteiger partial charge on any atom is 0.326 e. The first-order valence-corrected chi connectivity index (χ1v) is 13.0. The third-order valence-corrected chi connectivity index (χ3v) is 6.19. The van der Waals surface area contributed by atoms with Gasteiger partial charge in [-0.05, 0) is 42.5 Å². The number of aliphatic carboxylic acids is 3. The van der Waals surface area contributed by atoms with Crippen molar-refractivity contribution in [2.75, 3.05) is 0 Å². The molecule has 0 bridgehead atoms. The van der Waals surface area contributed by atoms with Crippen LogP contribution in [0.4, 0.5) is 0 Å². The second-order valence-electron chi connectivity index (χ2n) is 9.55. The van der Waals surface area contributed by atoms with Gasteiger partial charge in [0.25, 0.3) is 0 Å². The number of nitrogens with one attached hydrogen (secondary N) is 3. The summed E-state index contributed by atoms with van der Waals surface area (Å²) in [6.45, 7) is 0. The van der Waals surface area contributed by atoms with Crippen molar-refractivity contribution in [3.05, 3.63) is 65.7 Å². The van der Waals surface area contributed by atoms with Gasteiger partial charge in [-0.2, -0.15) is 0 Å².